The fourth-order valence-electron chi connectivity index (χ4n) is 3.28. The number of piperidine rings is 1. The summed E-state index contributed by atoms with van der Waals surface area (Å²) in [6, 6.07) is 7.12. The van der Waals surface area contributed by atoms with Crippen LogP contribution >= 0.6 is 11.6 Å². The van der Waals surface area contributed by atoms with Crippen molar-refractivity contribution >= 4 is 11.6 Å². The Morgan fingerprint density at radius 1 is 1.11 bits per heavy atom. The van der Waals surface area contributed by atoms with Crippen molar-refractivity contribution in [2.75, 3.05) is 19.0 Å². The van der Waals surface area contributed by atoms with E-state index >= 15 is 0 Å². The molecule has 1 heterocycles. The van der Waals surface area contributed by atoms with Gasteiger partial charge in [-0.1, -0.05) is 18.2 Å². The maximum atomic E-state index is 5.93. The highest BCUT2D eigenvalue weighted by Crippen LogP contribution is 2.25. The maximum Gasteiger partial charge on any atom is 0.0252 e. The molecule has 1 nitrogen and oxygen atoms in total. The van der Waals surface area contributed by atoms with Crippen molar-refractivity contribution in [3.8, 4) is 0 Å². The van der Waals surface area contributed by atoms with Gasteiger partial charge in [0.25, 0.3) is 0 Å². The van der Waals surface area contributed by atoms with Gasteiger partial charge in [0, 0.05) is 12.4 Å². The number of aryl methyl sites for hydroxylation is 2. The van der Waals surface area contributed by atoms with Crippen LogP contribution in [0.5, 0.6) is 0 Å². The van der Waals surface area contributed by atoms with Gasteiger partial charge in [-0.25, -0.2) is 0 Å². The van der Waals surface area contributed by atoms with E-state index in [-0.39, 0.29) is 0 Å². The second-order valence-electron chi connectivity index (χ2n) is 5.83. The van der Waals surface area contributed by atoms with Crippen LogP contribution in [0.1, 0.15) is 36.0 Å². The third kappa shape index (κ3) is 2.73. The molecule has 1 aliphatic carbocycles. The van der Waals surface area contributed by atoms with Crippen LogP contribution in [0, 0.1) is 5.92 Å². The number of halogens is 1. The van der Waals surface area contributed by atoms with E-state index in [1.54, 1.807) is 11.1 Å². The molecule has 2 heteroatoms. The molecule has 18 heavy (non-hydrogen) atoms. The van der Waals surface area contributed by atoms with Crippen molar-refractivity contribution in [3.63, 3.8) is 0 Å². The van der Waals surface area contributed by atoms with Gasteiger partial charge >= 0.3 is 0 Å². The molecule has 0 aromatic heterocycles. The van der Waals surface area contributed by atoms with Crippen LogP contribution in [-0.2, 0) is 19.4 Å². The zero-order chi connectivity index (χ0) is 12.4. The minimum Gasteiger partial charge on any atom is -0.299 e. The predicted octanol–water partition coefficient (Wildman–Crippen LogP) is 3.63. The number of nitrogens with zero attached hydrogens (tertiary/aromatic N) is 1. The largest absolute Gasteiger partial charge is 0.299 e. The minimum atomic E-state index is 0.753. The van der Waals surface area contributed by atoms with Gasteiger partial charge in [-0.3, -0.25) is 4.90 Å². The van der Waals surface area contributed by atoms with Crippen LogP contribution in [-0.4, -0.2) is 23.9 Å². The van der Waals surface area contributed by atoms with Crippen molar-refractivity contribution in [2.45, 2.75) is 38.6 Å². The lowest BCUT2D eigenvalue weighted by Gasteiger charge is -2.31. The smallest absolute Gasteiger partial charge is 0.0252 e. The molecule has 98 valence electrons. The molecule has 0 amide bonds. The van der Waals surface area contributed by atoms with Crippen LogP contribution < -0.4 is 0 Å². The van der Waals surface area contributed by atoms with Crippen molar-refractivity contribution in [3.05, 3.63) is 34.9 Å². The zero-order valence-corrected chi connectivity index (χ0v) is 11.8. The Balaban J connectivity index is 1.60. The van der Waals surface area contributed by atoms with Crippen LogP contribution in [0.3, 0.4) is 0 Å². The fourth-order valence-corrected chi connectivity index (χ4v) is 3.59. The van der Waals surface area contributed by atoms with Gasteiger partial charge in [-0.2, -0.15) is 0 Å². The molecule has 1 aromatic carbocycles. The molecular weight excluding hydrogens is 242 g/mol. The minimum absolute atomic E-state index is 0.753. The Morgan fingerprint density at radius 2 is 1.89 bits per heavy atom. The first-order valence-electron chi connectivity index (χ1n) is 7.24. The maximum absolute atomic E-state index is 5.93. The van der Waals surface area contributed by atoms with Crippen molar-refractivity contribution in [1.29, 1.82) is 0 Å². The molecule has 0 N–H and O–H groups in total. The monoisotopic (exact) mass is 263 g/mol. The molecule has 1 saturated heterocycles. The van der Waals surface area contributed by atoms with Gasteiger partial charge in [0.05, 0.1) is 0 Å². The van der Waals surface area contributed by atoms with E-state index in [1.165, 1.54) is 50.8 Å². The SMILES string of the molecule is ClCC1CCN(Cc2ccc3c(c2)CCC3)CC1. The summed E-state index contributed by atoms with van der Waals surface area (Å²) in [6.07, 6.45) is 6.47. The lowest BCUT2D eigenvalue weighted by Crippen LogP contribution is -2.33. The predicted molar refractivity (Wildman–Crippen MR) is 77.2 cm³/mol. The molecule has 0 radical (unpaired) electrons. The van der Waals surface area contributed by atoms with Gasteiger partial charge in [0.2, 0.25) is 0 Å². The molecule has 3 rings (SSSR count). The molecule has 0 bridgehead atoms. The first-order chi connectivity index (χ1) is 8.85. The number of likely N-dealkylation sites (tertiary alicyclic amines) is 1. The van der Waals surface area contributed by atoms with Crippen LogP contribution in [0.2, 0.25) is 0 Å². The third-order valence-corrected chi connectivity index (χ3v) is 4.93. The van der Waals surface area contributed by atoms with Gasteiger partial charge in [0.1, 0.15) is 0 Å². The average Bonchev–Trinajstić information content (AvgIpc) is 2.87. The van der Waals surface area contributed by atoms with E-state index in [1.807, 2.05) is 0 Å². The zero-order valence-electron chi connectivity index (χ0n) is 11.0. The lowest BCUT2D eigenvalue weighted by molar-refractivity contribution is 0.186. The highest BCUT2D eigenvalue weighted by Gasteiger charge is 2.19. The first-order valence-corrected chi connectivity index (χ1v) is 7.77. The Labute approximate surface area is 115 Å². The Kier molecular flexibility index (Phi) is 3.91. The number of rotatable bonds is 3. The molecule has 0 unspecified atom stereocenters. The highest BCUT2D eigenvalue weighted by atomic mass is 35.5. The quantitative estimate of drug-likeness (QED) is 0.753. The van der Waals surface area contributed by atoms with Gasteiger partial charge in [-0.15, -0.1) is 11.6 Å². The standard InChI is InChI=1S/C16H22ClN/c17-11-13-6-8-18(9-7-13)12-14-4-5-15-2-1-3-16(15)10-14/h4-5,10,13H,1-3,6-9,11-12H2. The summed E-state index contributed by atoms with van der Waals surface area (Å²) >= 11 is 5.93. The molecule has 2 aliphatic rings. The van der Waals surface area contributed by atoms with Crippen LogP contribution in [0.25, 0.3) is 0 Å². The number of alkyl halides is 1. The number of hydrogen-bond acceptors (Lipinski definition) is 1. The highest BCUT2D eigenvalue weighted by molar-refractivity contribution is 6.18. The molecular formula is C16H22ClN. The van der Waals surface area contributed by atoms with Crippen molar-refractivity contribution in [2.24, 2.45) is 5.92 Å². The molecule has 0 saturated carbocycles. The summed E-state index contributed by atoms with van der Waals surface area (Å²) in [4.78, 5) is 2.58. The fraction of sp³-hybridized carbons (Fsp3) is 0.625. The first kappa shape index (κ1) is 12.5. The summed E-state index contributed by atoms with van der Waals surface area (Å²) < 4.78 is 0. The third-order valence-electron chi connectivity index (χ3n) is 4.49. The van der Waals surface area contributed by atoms with Crippen LogP contribution in [0.15, 0.2) is 18.2 Å². The van der Waals surface area contributed by atoms with Crippen molar-refractivity contribution in [1.82, 2.24) is 4.90 Å². The van der Waals surface area contributed by atoms with E-state index in [0.717, 1.165) is 18.3 Å². The molecule has 0 atom stereocenters. The van der Waals surface area contributed by atoms with E-state index < -0.39 is 0 Å². The summed E-state index contributed by atoms with van der Waals surface area (Å²) in [5.74, 6) is 1.59. The van der Waals surface area contributed by atoms with E-state index in [2.05, 4.69) is 23.1 Å². The number of fused-ring (bicyclic) bond motifs is 1. The Bertz CT molecular complexity index is 408. The van der Waals surface area contributed by atoms with Crippen LogP contribution in [0.4, 0.5) is 0 Å². The average molecular weight is 264 g/mol. The van der Waals surface area contributed by atoms with E-state index in [4.69, 9.17) is 11.6 Å². The molecule has 1 aromatic rings. The summed E-state index contributed by atoms with van der Waals surface area (Å²) in [7, 11) is 0. The number of hydrogen-bond donors (Lipinski definition) is 0. The van der Waals surface area contributed by atoms with E-state index in [0.29, 0.717) is 0 Å². The Hall–Kier alpha value is -0.530. The summed E-state index contributed by atoms with van der Waals surface area (Å²) in [5, 5.41) is 0. The Morgan fingerprint density at radius 3 is 2.67 bits per heavy atom. The van der Waals surface area contributed by atoms with Gasteiger partial charge in [-0.05, 0) is 67.8 Å². The molecule has 0 spiro atoms. The molecule has 1 aliphatic heterocycles. The second-order valence-corrected chi connectivity index (χ2v) is 6.14. The lowest BCUT2D eigenvalue weighted by atomic mass is 9.98. The topological polar surface area (TPSA) is 3.24 Å². The molecule has 1 fully saturated rings. The van der Waals surface area contributed by atoms with Gasteiger partial charge < -0.3 is 0 Å². The van der Waals surface area contributed by atoms with Gasteiger partial charge in [0.15, 0.2) is 0 Å². The normalized spacial score (nSPS) is 21.2. The summed E-state index contributed by atoms with van der Waals surface area (Å²) in [6.45, 7) is 3.56. The van der Waals surface area contributed by atoms with E-state index in [9.17, 15) is 0 Å². The van der Waals surface area contributed by atoms with Crippen molar-refractivity contribution < 1.29 is 0 Å². The number of benzene rings is 1. The second kappa shape index (κ2) is 5.63. The summed E-state index contributed by atoms with van der Waals surface area (Å²) in [5.41, 5.74) is 4.68.